The summed E-state index contributed by atoms with van der Waals surface area (Å²) in [7, 11) is 0. The molecule has 0 radical (unpaired) electrons. The smallest absolute Gasteiger partial charge is 0.0305 e. The lowest BCUT2D eigenvalue weighted by atomic mass is 9.99. The van der Waals surface area contributed by atoms with Crippen LogP contribution in [0.1, 0.15) is 63.3 Å². The predicted molar refractivity (Wildman–Crippen MR) is 77.3 cm³/mol. The van der Waals surface area contributed by atoms with Gasteiger partial charge in [0.25, 0.3) is 0 Å². The van der Waals surface area contributed by atoms with E-state index in [0.29, 0.717) is 0 Å². The fourth-order valence-electron chi connectivity index (χ4n) is 1.40. The third kappa shape index (κ3) is 6.66. The van der Waals surface area contributed by atoms with Crippen LogP contribution in [0.3, 0.4) is 0 Å². The highest BCUT2D eigenvalue weighted by atomic mass is 14.0. The maximum atomic E-state index is 2.30. The van der Waals surface area contributed by atoms with Crippen molar-refractivity contribution in [1.29, 1.82) is 0 Å². The summed E-state index contributed by atoms with van der Waals surface area (Å²) < 4.78 is 0. The van der Waals surface area contributed by atoms with Crippen LogP contribution in [0.5, 0.6) is 0 Å². The van der Waals surface area contributed by atoms with Crippen LogP contribution in [0.15, 0.2) is 12.1 Å². The van der Waals surface area contributed by atoms with E-state index in [4.69, 9.17) is 0 Å². The van der Waals surface area contributed by atoms with Crippen molar-refractivity contribution >= 4 is 0 Å². The Morgan fingerprint density at radius 2 is 1.12 bits per heavy atom. The number of rotatable bonds is 1. The number of benzene rings is 1. The summed E-state index contributed by atoms with van der Waals surface area (Å²) in [6.45, 7) is 17.0. The van der Waals surface area contributed by atoms with Crippen molar-refractivity contribution in [1.82, 2.24) is 0 Å². The molecule has 16 heavy (non-hydrogen) atoms. The zero-order valence-electron chi connectivity index (χ0n) is 12.6. The van der Waals surface area contributed by atoms with Crippen molar-refractivity contribution in [2.45, 2.75) is 68.2 Å². The van der Waals surface area contributed by atoms with Gasteiger partial charge in [-0.05, 0) is 49.4 Å². The maximum absolute atomic E-state index is 2.30. The van der Waals surface area contributed by atoms with Crippen molar-refractivity contribution in [2.24, 2.45) is 0 Å². The molecule has 0 aliphatic carbocycles. The Balaban J connectivity index is 0. The van der Waals surface area contributed by atoms with Gasteiger partial charge in [0.2, 0.25) is 0 Å². The molecule has 0 fully saturated rings. The molecule has 94 valence electrons. The van der Waals surface area contributed by atoms with E-state index in [0.717, 1.165) is 6.42 Å². The monoisotopic (exact) mass is 222 g/mol. The molecule has 0 aliphatic rings. The number of hydrogen-bond donors (Lipinski definition) is 0. The summed E-state index contributed by atoms with van der Waals surface area (Å²) in [5, 5.41) is 0. The lowest BCUT2D eigenvalue weighted by Gasteiger charge is -2.06. The quantitative estimate of drug-likeness (QED) is 0.579. The van der Waals surface area contributed by atoms with Crippen LogP contribution in [-0.2, 0) is 6.42 Å². The van der Waals surface area contributed by atoms with E-state index >= 15 is 0 Å². The fourth-order valence-corrected chi connectivity index (χ4v) is 1.40. The fraction of sp³-hybridized carbons (Fsp3) is 0.625. The second kappa shape index (κ2) is 10.7. The van der Waals surface area contributed by atoms with Crippen molar-refractivity contribution in [3.8, 4) is 0 Å². The van der Waals surface area contributed by atoms with Crippen LogP contribution >= 0.6 is 0 Å². The zero-order valence-corrected chi connectivity index (χ0v) is 12.6. The Hall–Kier alpha value is -0.780. The molecule has 0 aliphatic heterocycles. The second-order valence-electron chi connectivity index (χ2n) is 3.92. The van der Waals surface area contributed by atoms with Crippen LogP contribution in [0.4, 0.5) is 0 Å². The molecule has 0 saturated carbocycles. The third-order valence-corrected chi connectivity index (χ3v) is 2.33. The van der Waals surface area contributed by atoms with Gasteiger partial charge in [0, 0.05) is 0 Å². The van der Waals surface area contributed by atoms with Gasteiger partial charge in [-0.15, -0.1) is 0 Å². The molecule has 1 rings (SSSR count). The molecule has 0 bridgehead atoms. The lowest BCUT2D eigenvalue weighted by molar-refractivity contribution is 1.09. The first kappa shape index (κ1) is 17.6. The minimum Gasteiger partial charge on any atom is -0.0683 e. The van der Waals surface area contributed by atoms with Crippen LogP contribution in [0.25, 0.3) is 0 Å². The SMILES string of the molecule is CC.CCC.CCc1cc(C)c(C)cc1C. The molecule has 0 aromatic heterocycles. The lowest BCUT2D eigenvalue weighted by Crippen LogP contribution is -1.90. The zero-order chi connectivity index (χ0) is 13.1. The van der Waals surface area contributed by atoms with Gasteiger partial charge in [-0.1, -0.05) is 53.2 Å². The van der Waals surface area contributed by atoms with Gasteiger partial charge in [-0.3, -0.25) is 0 Å². The minimum atomic E-state index is 1.15. The Bertz CT molecular complexity index is 272. The Labute approximate surface area is 103 Å². The van der Waals surface area contributed by atoms with E-state index in [1.165, 1.54) is 28.7 Å². The van der Waals surface area contributed by atoms with Gasteiger partial charge in [0.05, 0.1) is 0 Å². The second-order valence-corrected chi connectivity index (χ2v) is 3.92. The van der Waals surface area contributed by atoms with E-state index in [1.807, 2.05) is 13.8 Å². The normalized spacial score (nSPS) is 8.50. The molecule has 0 heteroatoms. The first-order valence-electron chi connectivity index (χ1n) is 6.63. The van der Waals surface area contributed by atoms with Gasteiger partial charge in [0.15, 0.2) is 0 Å². The Morgan fingerprint density at radius 1 is 0.750 bits per heavy atom. The van der Waals surface area contributed by atoms with Crippen LogP contribution in [0.2, 0.25) is 0 Å². The van der Waals surface area contributed by atoms with Gasteiger partial charge >= 0.3 is 0 Å². The van der Waals surface area contributed by atoms with Crippen LogP contribution in [0, 0.1) is 20.8 Å². The highest BCUT2D eigenvalue weighted by Gasteiger charge is 1.98. The molecular weight excluding hydrogens is 192 g/mol. The third-order valence-electron chi connectivity index (χ3n) is 2.33. The van der Waals surface area contributed by atoms with Crippen molar-refractivity contribution in [3.05, 3.63) is 34.4 Å². The Kier molecular flexibility index (Phi) is 11.8. The minimum absolute atomic E-state index is 1.15. The van der Waals surface area contributed by atoms with Gasteiger partial charge in [0.1, 0.15) is 0 Å². The van der Waals surface area contributed by atoms with E-state index in [2.05, 4.69) is 53.7 Å². The largest absolute Gasteiger partial charge is 0.0683 e. The van der Waals surface area contributed by atoms with Gasteiger partial charge < -0.3 is 0 Å². The molecule has 0 N–H and O–H groups in total. The molecule has 0 heterocycles. The number of hydrogen-bond acceptors (Lipinski definition) is 0. The molecule has 1 aromatic carbocycles. The standard InChI is InChI=1S/C11H16.C3H8.C2H6/c1-5-11-7-9(3)8(2)6-10(11)4;1-3-2;1-2/h6-7H,5H2,1-4H3;3H2,1-2H3;1-2H3. The summed E-state index contributed by atoms with van der Waals surface area (Å²) in [6, 6.07) is 4.57. The van der Waals surface area contributed by atoms with Crippen LogP contribution < -0.4 is 0 Å². The summed E-state index contributed by atoms with van der Waals surface area (Å²) in [5.74, 6) is 0. The van der Waals surface area contributed by atoms with E-state index in [1.54, 1.807) is 0 Å². The van der Waals surface area contributed by atoms with E-state index < -0.39 is 0 Å². The molecule has 0 saturated heterocycles. The molecule has 0 nitrogen and oxygen atoms in total. The van der Waals surface area contributed by atoms with Gasteiger partial charge in [-0.2, -0.15) is 0 Å². The topological polar surface area (TPSA) is 0 Å². The summed E-state index contributed by atoms with van der Waals surface area (Å²) in [6.07, 6.45) is 2.40. The highest BCUT2D eigenvalue weighted by molar-refractivity contribution is 5.36. The van der Waals surface area contributed by atoms with Crippen molar-refractivity contribution < 1.29 is 0 Å². The highest BCUT2D eigenvalue weighted by Crippen LogP contribution is 2.15. The van der Waals surface area contributed by atoms with E-state index in [9.17, 15) is 0 Å². The molecule has 0 amide bonds. The first-order chi connectivity index (χ1) is 7.56. The summed E-state index contributed by atoms with van der Waals surface area (Å²) >= 11 is 0. The molecule has 0 unspecified atom stereocenters. The predicted octanol–water partition coefficient (Wildman–Crippen LogP) is 5.62. The number of aryl methyl sites for hydroxylation is 4. The van der Waals surface area contributed by atoms with Crippen molar-refractivity contribution in [2.75, 3.05) is 0 Å². The first-order valence-corrected chi connectivity index (χ1v) is 6.63. The van der Waals surface area contributed by atoms with Crippen molar-refractivity contribution in [3.63, 3.8) is 0 Å². The average molecular weight is 222 g/mol. The molecule has 0 atom stereocenters. The molecular formula is C16H30. The Morgan fingerprint density at radius 3 is 1.50 bits per heavy atom. The van der Waals surface area contributed by atoms with E-state index in [-0.39, 0.29) is 0 Å². The molecule has 0 spiro atoms. The summed E-state index contributed by atoms with van der Waals surface area (Å²) in [5.41, 5.74) is 5.72. The maximum Gasteiger partial charge on any atom is -0.0305 e. The summed E-state index contributed by atoms with van der Waals surface area (Å²) in [4.78, 5) is 0. The van der Waals surface area contributed by atoms with Gasteiger partial charge in [-0.25, -0.2) is 0 Å². The van der Waals surface area contributed by atoms with Crippen LogP contribution in [-0.4, -0.2) is 0 Å². The average Bonchev–Trinajstić information content (AvgIpc) is 2.27. The molecule has 1 aromatic rings.